The highest BCUT2D eigenvalue weighted by atomic mass is 35.5. The van der Waals surface area contributed by atoms with Gasteiger partial charge in [0.05, 0.1) is 11.9 Å². The fraction of sp³-hybridized carbons (Fsp3) is 0.355. The molecule has 0 radical (unpaired) electrons. The molecule has 0 aliphatic rings. The molecule has 7 nitrogen and oxygen atoms in total. The minimum Gasteiger partial charge on any atom is -0.354 e. The van der Waals surface area contributed by atoms with Gasteiger partial charge in [0.15, 0.2) is 0 Å². The third-order valence-electron chi connectivity index (χ3n) is 6.54. The summed E-state index contributed by atoms with van der Waals surface area (Å²) in [4.78, 5) is 29.0. The lowest BCUT2D eigenvalue weighted by molar-refractivity contribution is -0.141. The van der Waals surface area contributed by atoms with Crippen LogP contribution in [0.2, 0.25) is 10.0 Å². The van der Waals surface area contributed by atoms with Crippen LogP contribution < -0.4 is 9.62 Å². The van der Waals surface area contributed by atoms with Crippen molar-refractivity contribution >= 4 is 50.7 Å². The van der Waals surface area contributed by atoms with Crippen LogP contribution in [-0.4, -0.2) is 50.5 Å². The van der Waals surface area contributed by atoms with E-state index in [0.29, 0.717) is 27.8 Å². The van der Waals surface area contributed by atoms with Crippen LogP contribution in [0.3, 0.4) is 0 Å². The lowest BCUT2D eigenvalue weighted by atomic mass is 10.0. The van der Waals surface area contributed by atoms with Crippen molar-refractivity contribution in [1.29, 1.82) is 0 Å². The fourth-order valence-electron chi connectivity index (χ4n) is 4.43. The number of halogens is 2. The third-order valence-corrected chi connectivity index (χ3v) is 8.44. The van der Waals surface area contributed by atoms with Gasteiger partial charge in [-0.15, -0.1) is 0 Å². The summed E-state index contributed by atoms with van der Waals surface area (Å²) in [6, 6.07) is 22.5. The lowest BCUT2D eigenvalue weighted by Crippen LogP contribution is -2.51. The van der Waals surface area contributed by atoms with Crippen LogP contribution in [0, 0.1) is 5.92 Å². The summed E-state index contributed by atoms with van der Waals surface area (Å²) in [7, 11) is -3.57. The second kappa shape index (κ2) is 15.2. The number of sulfonamides is 1. The molecule has 3 aromatic rings. The van der Waals surface area contributed by atoms with E-state index in [4.69, 9.17) is 23.2 Å². The Morgan fingerprint density at radius 2 is 1.46 bits per heavy atom. The number of carbonyl (C=O) groups is 2. The normalized spacial score (nSPS) is 12.1. The Morgan fingerprint density at radius 3 is 2.02 bits per heavy atom. The van der Waals surface area contributed by atoms with Crippen LogP contribution in [-0.2, 0) is 32.6 Å². The molecule has 3 rings (SSSR count). The first-order valence-electron chi connectivity index (χ1n) is 13.5. The van der Waals surface area contributed by atoms with Crippen molar-refractivity contribution in [1.82, 2.24) is 10.2 Å². The molecule has 0 aromatic heterocycles. The van der Waals surface area contributed by atoms with E-state index in [1.54, 1.807) is 42.5 Å². The number of anilines is 1. The van der Waals surface area contributed by atoms with Crippen molar-refractivity contribution in [2.75, 3.05) is 23.7 Å². The molecule has 0 fully saturated rings. The maximum absolute atomic E-state index is 13.9. The summed E-state index contributed by atoms with van der Waals surface area (Å²) < 4.78 is 26.4. The number of carbonyl (C=O) groups excluding carboxylic acids is 2. The van der Waals surface area contributed by atoms with E-state index in [9.17, 15) is 18.0 Å². The van der Waals surface area contributed by atoms with Crippen LogP contribution in [0.4, 0.5) is 5.69 Å². The maximum Gasteiger partial charge on any atom is 0.243 e. The van der Waals surface area contributed by atoms with Crippen LogP contribution in [0.1, 0.15) is 37.8 Å². The Labute approximate surface area is 253 Å². The van der Waals surface area contributed by atoms with Gasteiger partial charge in [-0.3, -0.25) is 13.9 Å². The van der Waals surface area contributed by atoms with Crippen molar-refractivity contribution in [3.8, 4) is 0 Å². The average Bonchev–Trinajstić information content (AvgIpc) is 2.93. The van der Waals surface area contributed by atoms with Gasteiger partial charge in [0.25, 0.3) is 0 Å². The van der Waals surface area contributed by atoms with Gasteiger partial charge >= 0.3 is 0 Å². The standard InChI is InChI=1S/C31H37Cl2N3O4S/c1-23(2)21-34-31(38)29(20-24-12-6-4-7-13-24)35(22-26-27(32)16-10-17-28(26)33)30(37)18-11-19-36(41(3,39)40)25-14-8-5-9-15-25/h4-10,12-17,23,29H,11,18-22H2,1-3H3,(H,34,38). The summed E-state index contributed by atoms with van der Waals surface area (Å²) in [5, 5.41) is 3.77. The van der Waals surface area contributed by atoms with E-state index in [1.807, 2.05) is 50.2 Å². The molecule has 0 spiro atoms. The zero-order chi connectivity index (χ0) is 30.0. The van der Waals surface area contributed by atoms with Gasteiger partial charge < -0.3 is 10.2 Å². The highest BCUT2D eigenvalue weighted by Crippen LogP contribution is 2.28. The Balaban J connectivity index is 1.92. The van der Waals surface area contributed by atoms with E-state index >= 15 is 0 Å². The number of hydrogen-bond acceptors (Lipinski definition) is 4. The van der Waals surface area contributed by atoms with Crippen molar-refractivity contribution in [2.45, 2.75) is 45.7 Å². The maximum atomic E-state index is 13.9. The fourth-order valence-corrected chi connectivity index (χ4v) is 5.91. The smallest absolute Gasteiger partial charge is 0.243 e. The van der Waals surface area contributed by atoms with Crippen LogP contribution >= 0.6 is 23.2 Å². The number of nitrogens with zero attached hydrogens (tertiary/aromatic N) is 2. The second-order valence-electron chi connectivity index (χ2n) is 10.3. The van der Waals surface area contributed by atoms with E-state index < -0.39 is 16.1 Å². The molecule has 0 aliphatic carbocycles. The van der Waals surface area contributed by atoms with Crippen LogP contribution in [0.25, 0.3) is 0 Å². The number of para-hydroxylation sites is 1. The van der Waals surface area contributed by atoms with Gasteiger partial charge in [0.2, 0.25) is 21.8 Å². The zero-order valence-electron chi connectivity index (χ0n) is 23.6. The molecular formula is C31H37Cl2N3O4S. The molecule has 3 aromatic carbocycles. The summed E-state index contributed by atoms with van der Waals surface area (Å²) in [5.74, 6) is -0.359. The van der Waals surface area contributed by atoms with Gasteiger partial charge in [0, 0.05) is 48.1 Å². The summed E-state index contributed by atoms with van der Waals surface area (Å²) >= 11 is 13.0. The molecule has 0 heterocycles. The number of nitrogens with one attached hydrogen (secondary N) is 1. The highest BCUT2D eigenvalue weighted by molar-refractivity contribution is 7.92. The van der Waals surface area contributed by atoms with E-state index in [1.165, 1.54) is 9.21 Å². The molecule has 41 heavy (non-hydrogen) atoms. The van der Waals surface area contributed by atoms with E-state index in [2.05, 4.69) is 5.32 Å². The van der Waals surface area contributed by atoms with E-state index in [-0.39, 0.29) is 50.1 Å². The molecule has 2 amide bonds. The summed E-state index contributed by atoms with van der Waals surface area (Å²) in [6.07, 6.45) is 1.70. The molecule has 10 heteroatoms. The lowest BCUT2D eigenvalue weighted by Gasteiger charge is -2.32. The second-order valence-corrected chi connectivity index (χ2v) is 13.1. The minimum absolute atomic E-state index is 0.0175. The van der Waals surface area contributed by atoms with E-state index in [0.717, 1.165) is 11.8 Å². The van der Waals surface area contributed by atoms with Crippen LogP contribution in [0.5, 0.6) is 0 Å². The minimum atomic E-state index is -3.57. The first kappa shape index (κ1) is 32.4. The predicted octanol–water partition coefficient (Wildman–Crippen LogP) is 5.95. The Bertz CT molecular complexity index is 1380. The Kier molecular flexibility index (Phi) is 12.1. The van der Waals surface area contributed by atoms with Crippen molar-refractivity contribution in [3.05, 3.63) is 100 Å². The Hall–Kier alpha value is -3.07. The number of hydrogen-bond donors (Lipinski definition) is 1. The topological polar surface area (TPSA) is 86.8 Å². The Morgan fingerprint density at radius 1 is 0.878 bits per heavy atom. The molecular weight excluding hydrogens is 581 g/mol. The van der Waals surface area contributed by atoms with Crippen molar-refractivity contribution in [3.63, 3.8) is 0 Å². The SMILES string of the molecule is CC(C)CNC(=O)C(Cc1ccccc1)N(Cc1c(Cl)cccc1Cl)C(=O)CCCN(c1ccccc1)S(C)(=O)=O. The number of amides is 2. The molecule has 1 unspecified atom stereocenters. The molecule has 0 bridgehead atoms. The highest BCUT2D eigenvalue weighted by Gasteiger charge is 2.31. The van der Waals surface area contributed by atoms with Gasteiger partial charge in [-0.2, -0.15) is 0 Å². The van der Waals surface area contributed by atoms with Crippen LogP contribution in [0.15, 0.2) is 78.9 Å². The molecule has 1 atom stereocenters. The zero-order valence-corrected chi connectivity index (χ0v) is 25.9. The van der Waals surface area contributed by atoms with Gasteiger partial charge in [-0.05, 0) is 42.2 Å². The van der Waals surface area contributed by atoms with Gasteiger partial charge in [-0.1, -0.05) is 91.6 Å². The molecule has 0 aliphatic heterocycles. The summed E-state index contributed by atoms with van der Waals surface area (Å²) in [5.41, 5.74) is 1.96. The summed E-state index contributed by atoms with van der Waals surface area (Å²) in [6.45, 7) is 4.59. The largest absolute Gasteiger partial charge is 0.354 e. The quantitative estimate of drug-likeness (QED) is 0.242. The van der Waals surface area contributed by atoms with Gasteiger partial charge in [0.1, 0.15) is 6.04 Å². The molecule has 220 valence electrons. The first-order chi connectivity index (χ1) is 19.5. The monoisotopic (exact) mass is 617 g/mol. The van der Waals surface area contributed by atoms with Crippen molar-refractivity contribution < 1.29 is 18.0 Å². The molecule has 0 saturated heterocycles. The third kappa shape index (κ3) is 9.76. The van der Waals surface area contributed by atoms with Crippen molar-refractivity contribution in [2.24, 2.45) is 5.92 Å². The average molecular weight is 619 g/mol. The predicted molar refractivity (Wildman–Crippen MR) is 167 cm³/mol. The first-order valence-corrected chi connectivity index (χ1v) is 16.1. The van der Waals surface area contributed by atoms with Gasteiger partial charge in [-0.25, -0.2) is 8.42 Å². The number of rotatable bonds is 14. The number of benzene rings is 3. The molecule has 0 saturated carbocycles. The molecule has 1 N–H and O–H groups in total.